The summed E-state index contributed by atoms with van der Waals surface area (Å²) in [6, 6.07) is 0. The minimum atomic E-state index is -0.732. The molecule has 0 saturated carbocycles. The predicted octanol–water partition coefficient (Wildman–Crippen LogP) is 4.96. The molecule has 1 atom stereocenters. The highest BCUT2D eigenvalue weighted by atomic mass is 16.4. The molecule has 23 heavy (non-hydrogen) atoms. The van der Waals surface area contributed by atoms with Crippen molar-refractivity contribution in [1.82, 2.24) is 0 Å². The summed E-state index contributed by atoms with van der Waals surface area (Å²) in [5.74, 6) is -0.732. The van der Waals surface area contributed by atoms with Crippen LogP contribution in [0.3, 0.4) is 0 Å². The Hall–Kier alpha value is -1.87. The minimum Gasteiger partial charge on any atom is -0.481 e. The molecule has 0 aromatic carbocycles. The lowest BCUT2D eigenvalue weighted by Gasteiger charge is -1.98. The highest BCUT2D eigenvalue weighted by Crippen LogP contribution is 1.99. The first kappa shape index (κ1) is 21.1. The number of hydrogen-bond donors (Lipinski definition) is 2. The van der Waals surface area contributed by atoms with Gasteiger partial charge in [0.1, 0.15) is 0 Å². The van der Waals surface area contributed by atoms with Crippen molar-refractivity contribution in [2.75, 3.05) is 0 Å². The van der Waals surface area contributed by atoms with Gasteiger partial charge in [-0.3, -0.25) is 4.79 Å². The van der Waals surface area contributed by atoms with E-state index in [1.54, 1.807) is 6.08 Å². The molecule has 0 amide bonds. The molecule has 3 heteroatoms. The molecule has 0 unspecified atom stereocenters. The maximum absolute atomic E-state index is 10.3. The summed E-state index contributed by atoms with van der Waals surface area (Å²) >= 11 is 0. The van der Waals surface area contributed by atoms with Crippen molar-refractivity contribution in [1.29, 1.82) is 0 Å². The number of allylic oxidation sites excluding steroid dienone is 8. The Kier molecular flexibility index (Phi) is 15.2. The first-order chi connectivity index (χ1) is 11.2. The normalized spacial score (nSPS) is 14.2. The monoisotopic (exact) mass is 318 g/mol. The van der Waals surface area contributed by atoms with Gasteiger partial charge in [-0.25, -0.2) is 0 Å². The van der Waals surface area contributed by atoms with Crippen LogP contribution in [0.5, 0.6) is 0 Å². The van der Waals surface area contributed by atoms with Crippen molar-refractivity contribution >= 4 is 5.97 Å². The summed E-state index contributed by atoms with van der Waals surface area (Å²) in [6.07, 6.45) is 24.7. The molecule has 0 aliphatic heterocycles. The third-order valence-corrected chi connectivity index (χ3v) is 3.00. The van der Waals surface area contributed by atoms with E-state index in [9.17, 15) is 9.90 Å². The van der Waals surface area contributed by atoms with Crippen LogP contribution in [0.4, 0.5) is 0 Å². The molecule has 0 aromatic heterocycles. The van der Waals surface area contributed by atoms with E-state index < -0.39 is 12.1 Å². The molecule has 0 radical (unpaired) electrons. The lowest BCUT2D eigenvalue weighted by Crippen LogP contribution is -1.98. The van der Waals surface area contributed by atoms with Gasteiger partial charge in [-0.05, 0) is 38.5 Å². The molecular formula is C20H30O3. The molecule has 0 aromatic rings. The van der Waals surface area contributed by atoms with E-state index in [0.29, 0.717) is 12.8 Å². The number of aliphatic carboxylic acids is 1. The van der Waals surface area contributed by atoms with Crippen molar-refractivity contribution in [3.63, 3.8) is 0 Å². The zero-order valence-corrected chi connectivity index (χ0v) is 14.1. The van der Waals surface area contributed by atoms with E-state index in [0.717, 1.165) is 25.7 Å². The van der Waals surface area contributed by atoms with Crippen LogP contribution >= 0.6 is 0 Å². The van der Waals surface area contributed by atoms with Gasteiger partial charge in [-0.15, -0.1) is 0 Å². The van der Waals surface area contributed by atoms with Crippen LogP contribution in [0, 0.1) is 0 Å². The van der Waals surface area contributed by atoms with Crippen LogP contribution in [0.25, 0.3) is 0 Å². The van der Waals surface area contributed by atoms with Crippen LogP contribution in [0.15, 0.2) is 60.8 Å². The van der Waals surface area contributed by atoms with E-state index in [1.807, 2.05) is 30.4 Å². The zero-order valence-electron chi connectivity index (χ0n) is 14.1. The van der Waals surface area contributed by atoms with Crippen molar-refractivity contribution in [3.8, 4) is 0 Å². The Morgan fingerprint density at radius 1 is 0.957 bits per heavy atom. The summed E-state index contributed by atoms with van der Waals surface area (Å²) in [4.78, 5) is 10.3. The number of carbonyl (C=O) groups is 1. The van der Waals surface area contributed by atoms with E-state index >= 15 is 0 Å². The number of aliphatic hydroxyl groups excluding tert-OH is 1. The third-order valence-electron chi connectivity index (χ3n) is 3.00. The van der Waals surface area contributed by atoms with Crippen molar-refractivity contribution < 1.29 is 15.0 Å². The molecule has 2 N–H and O–H groups in total. The van der Waals surface area contributed by atoms with Crippen LogP contribution in [-0.4, -0.2) is 22.3 Å². The molecule has 3 nitrogen and oxygen atoms in total. The Morgan fingerprint density at radius 3 is 2.35 bits per heavy atom. The van der Waals surface area contributed by atoms with Gasteiger partial charge in [0.15, 0.2) is 0 Å². The molecule has 0 rings (SSSR count). The van der Waals surface area contributed by atoms with Crippen LogP contribution in [0.2, 0.25) is 0 Å². The standard InChI is InChI=1S/C20H30O3/c1-2-3-13-16-19(21)17-14-11-9-7-5-4-6-8-10-12-15-18-20(22)23/h3-5,8-11,13-14,17,19,21H,2,6-7,12,15-16,18H2,1H3,(H,22,23)/b5-4?,10-8?,11-9?,13-3?,17-14+/t19-/m0/s1. The largest absolute Gasteiger partial charge is 0.481 e. The second-order valence-corrected chi connectivity index (χ2v) is 5.20. The van der Waals surface area contributed by atoms with Gasteiger partial charge >= 0.3 is 5.97 Å². The summed E-state index contributed by atoms with van der Waals surface area (Å²) in [6.45, 7) is 2.07. The predicted molar refractivity (Wildman–Crippen MR) is 97.3 cm³/mol. The van der Waals surface area contributed by atoms with Crippen LogP contribution < -0.4 is 0 Å². The molecule has 0 aliphatic rings. The van der Waals surface area contributed by atoms with Gasteiger partial charge in [0.2, 0.25) is 0 Å². The summed E-state index contributed by atoms with van der Waals surface area (Å²) in [5, 5.41) is 18.1. The lowest BCUT2D eigenvalue weighted by atomic mass is 10.2. The van der Waals surface area contributed by atoms with Crippen molar-refractivity contribution in [2.45, 2.75) is 58.0 Å². The molecule has 0 fully saturated rings. The first-order valence-corrected chi connectivity index (χ1v) is 8.35. The van der Waals surface area contributed by atoms with Gasteiger partial charge in [-0.1, -0.05) is 67.7 Å². The second-order valence-electron chi connectivity index (χ2n) is 5.20. The van der Waals surface area contributed by atoms with Crippen molar-refractivity contribution in [2.24, 2.45) is 0 Å². The fourth-order valence-corrected chi connectivity index (χ4v) is 1.77. The smallest absolute Gasteiger partial charge is 0.303 e. The number of unbranched alkanes of at least 4 members (excludes halogenated alkanes) is 1. The number of aliphatic hydroxyl groups is 1. The number of rotatable bonds is 13. The fourth-order valence-electron chi connectivity index (χ4n) is 1.77. The van der Waals surface area contributed by atoms with E-state index in [1.165, 1.54) is 0 Å². The number of carboxylic acids is 1. The quantitative estimate of drug-likeness (QED) is 0.286. The van der Waals surface area contributed by atoms with Gasteiger partial charge in [0, 0.05) is 6.42 Å². The van der Waals surface area contributed by atoms with E-state index in [-0.39, 0.29) is 6.42 Å². The summed E-state index contributed by atoms with van der Waals surface area (Å²) in [5.41, 5.74) is 0. The Morgan fingerprint density at radius 2 is 1.65 bits per heavy atom. The summed E-state index contributed by atoms with van der Waals surface area (Å²) < 4.78 is 0. The molecule has 0 saturated heterocycles. The van der Waals surface area contributed by atoms with Gasteiger partial charge in [0.25, 0.3) is 0 Å². The molecule has 0 heterocycles. The first-order valence-electron chi connectivity index (χ1n) is 8.35. The highest BCUT2D eigenvalue weighted by Gasteiger charge is 1.93. The average molecular weight is 318 g/mol. The number of hydrogen-bond acceptors (Lipinski definition) is 2. The SMILES string of the molecule is CCC=CC[C@H](O)/C=C/C=CCC=CCC=CCCCC(=O)O. The van der Waals surface area contributed by atoms with Gasteiger partial charge in [-0.2, -0.15) is 0 Å². The molecule has 128 valence electrons. The van der Waals surface area contributed by atoms with Crippen LogP contribution in [-0.2, 0) is 4.79 Å². The van der Waals surface area contributed by atoms with Crippen molar-refractivity contribution in [3.05, 3.63) is 60.8 Å². The molecule has 0 bridgehead atoms. The molecular weight excluding hydrogens is 288 g/mol. The minimum absolute atomic E-state index is 0.238. The van der Waals surface area contributed by atoms with E-state index in [2.05, 4.69) is 31.2 Å². The summed E-state index contributed by atoms with van der Waals surface area (Å²) in [7, 11) is 0. The second kappa shape index (κ2) is 16.5. The van der Waals surface area contributed by atoms with Gasteiger partial charge < -0.3 is 10.2 Å². The Bertz CT molecular complexity index is 428. The van der Waals surface area contributed by atoms with Crippen LogP contribution in [0.1, 0.15) is 51.9 Å². The molecule has 0 aliphatic carbocycles. The Labute approximate surface area is 140 Å². The van der Waals surface area contributed by atoms with E-state index in [4.69, 9.17) is 5.11 Å². The maximum Gasteiger partial charge on any atom is 0.303 e. The maximum atomic E-state index is 10.3. The zero-order chi connectivity index (χ0) is 17.2. The number of carboxylic acid groups (broad SMARTS) is 1. The third kappa shape index (κ3) is 18.1. The Balaban J connectivity index is 3.63. The topological polar surface area (TPSA) is 57.5 Å². The lowest BCUT2D eigenvalue weighted by molar-refractivity contribution is -0.137. The fraction of sp³-hybridized carbons (Fsp3) is 0.450. The highest BCUT2D eigenvalue weighted by molar-refractivity contribution is 5.66. The average Bonchev–Trinajstić information content (AvgIpc) is 2.51. The molecule has 0 spiro atoms. The van der Waals surface area contributed by atoms with Gasteiger partial charge in [0.05, 0.1) is 6.10 Å².